The Morgan fingerprint density at radius 2 is 1.73 bits per heavy atom. The van der Waals surface area contributed by atoms with Crippen LogP contribution in [0.4, 0.5) is 10.5 Å². The molecule has 0 unspecified atom stereocenters. The summed E-state index contributed by atoms with van der Waals surface area (Å²) in [5, 5.41) is 5.27. The Bertz CT molecular complexity index is 1050. The van der Waals surface area contributed by atoms with Gasteiger partial charge in [-0.05, 0) is 61.2 Å². The molecule has 1 atom stereocenters. The van der Waals surface area contributed by atoms with E-state index in [4.69, 9.17) is 10.5 Å². The summed E-state index contributed by atoms with van der Waals surface area (Å²) in [6.45, 7) is 5.98. The molecule has 0 bridgehead atoms. The first-order valence-electron chi connectivity index (χ1n) is 10.7. The van der Waals surface area contributed by atoms with Crippen LogP contribution in [-0.2, 0) is 15.1 Å². The van der Waals surface area contributed by atoms with Gasteiger partial charge < -0.3 is 21.1 Å². The summed E-state index contributed by atoms with van der Waals surface area (Å²) in [7, 11) is 0. The van der Waals surface area contributed by atoms with Gasteiger partial charge in [0.2, 0.25) is 11.8 Å². The van der Waals surface area contributed by atoms with Crippen LogP contribution in [0.1, 0.15) is 43.1 Å². The van der Waals surface area contributed by atoms with E-state index in [2.05, 4.69) is 24.5 Å². The molecule has 1 saturated heterocycles. The molecule has 4 N–H and O–H groups in total. The first-order chi connectivity index (χ1) is 15.6. The second kappa shape index (κ2) is 9.72. The maximum absolute atomic E-state index is 13.1. The minimum Gasteiger partial charge on any atom is -0.494 e. The number of carbonyl (C=O) groups excluding carboxylic acids is 4. The molecule has 2 aromatic carbocycles. The van der Waals surface area contributed by atoms with Crippen LogP contribution in [0.25, 0.3) is 0 Å². The van der Waals surface area contributed by atoms with E-state index in [0.29, 0.717) is 35.1 Å². The smallest absolute Gasteiger partial charge is 0.325 e. The average molecular weight is 453 g/mol. The molecule has 9 heteroatoms. The topological polar surface area (TPSA) is 131 Å². The standard InChI is InChI=1S/C24H28N4O5/c1-15(2)12-13-33-19-10-6-17(7-11-19)24(3)22(31)28(23(32)27-24)14-20(29)26-18-8-4-16(5-9-18)21(25)30/h4-11,15H,12-14H2,1-3H3,(H2,25,30)(H,26,29)(H,27,32)/t24-/m0/s1. The highest BCUT2D eigenvalue weighted by Gasteiger charge is 2.49. The van der Waals surface area contributed by atoms with Gasteiger partial charge in [-0.25, -0.2) is 4.79 Å². The number of hydrogen-bond acceptors (Lipinski definition) is 5. The van der Waals surface area contributed by atoms with Gasteiger partial charge in [-0.2, -0.15) is 0 Å². The fourth-order valence-corrected chi connectivity index (χ4v) is 3.40. The minimum atomic E-state index is -1.29. The molecular formula is C24H28N4O5. The highest BCUT2D eigenvalue weighted by Crippen LogP contribution is 2.30. The normalized spacial score (nSPS) is 17.8. The van der Waals surface area contributed by atoms with E-state index in [1.54, 1.807) is 31.2 Å². The lowest BCUT2D eigenvalue weighted by molar-refractivity contribution is -0.133. The first kappa shape index (κ1) is 23.8. The molecule has 1 heterocycles. The van der Waals surface area contributed by atoms with Crippen molar-refractivity contribution in [2.45, 2.75) is 32.7 Å². The molecule has 0 spiro atoms. The zero-order chi connectivity index (χ0) is 24.2. The van der Waals surface area contributed by atoms with Crippen LogP contribution < -0.4 is 21.1 Å². The van der Waals surface area contributed by atoms with Crippen LogP contribution in [-0.4, -0.2) is 41.8 Å². The van der Waals surface area contributed by atoms with Crippen molar-refractivity contribution >= 4 is 29.4 Å². The van der Waals surface area contributed by atoms with E-state index in [1.165, 1.54) is 24.3 Å². The molecule has 1 aliphatic heterocycles. The number of ether oxygens (including phenoxy) is 1. The Balaban J connectivity index is 1.64. The Labute approximate surface area is 192 Å². The van der Waals surface area contributed by atoms with E-state index < -0.39 is 35.8 Å². The summed E-state index contributed by atoms with van der Waals surface area (Å²) in [6.07, 6.45) is 0.931. The van der Waals surface area contributed by atoms with Gasteiger partial charge in [0.15, 0.2) is 0 Å². The van der Waals surface area contributed by atoms with Gasteiger partial charge in [-0.3, -0.25) is 19.3 Å². The fraction of sp³-hybridized carbons (Fsp3) is 0.333. The summed E-state index contributed by atoms with van der Waals surface area (Å²) in [4.78, 5) is 50.0. The summed E-state index contributed by atoms with van der Waals surface area (Å²) < 4.78 is 5.70. The molecular weight excluding hydrogens is 424 g/mol. The summed E-state index contributed by atoms with van der Waals surface area (Å²) >= 11 is 0. The predicted octanol–water partition coefficient (Wildman–Crippen LogP) is 2.62. The monoisotopic (exact) mass is 452 g/mol. The lowest BCUT2D eigenvalue weighted by atomic mass is 9.92. The van der Waals surface area contributed by atoms with Crippen molar-refractivity contribution in [2.75, 3.05) is 18.5 Å². The number of amides is 5. The number of primary amides is 1. The van der Waals surface area contributed by atoms with Gasteiger partial charge >= 0.3 is 6.03 Å². The number of imide groups is 1. The lowest BCUT2D eigenvalue weighted by Gasteiger charge is -2.22. The quantitative estimate of drug-likeness (QED) is 0.504. The third-order valence-corrected chi connectivity index (χ3v) is 5.43. The molecule has 5 amide bonds. The summed E-state index contributed by atoms with van der Waals surface area (Å²) in [5.74, 6) is -0.448. The molecule has 1 aliphatic rings. The third kappa shape index (κ3) is 5.49. The highest BCUT2D eigenvalue weighted by molar-refractivity contribution is 6.10. The number of nitrogens with two attached hydrogens (primary N) is 1. The lowest BCUT2D eigenvalue weighted by Crippen LogP contribution is -2.42. The number of nitrogens with zero attached hydrogens (tertiary/aromatic N) is 1. The van der Waals surface area contributed by atoms with Crippen molar-refractivity contribution in [1.29, 1.82) is 0 Å². The van der Waals surface area contributed by atoms with Crippen molar-refractivity contribution in [3.8, 4) is 5.75 Å². The molecule has 2 aromatic rings. The largest absolute Gasteiger partial charge is 0.494 e. The molecule has 33 heavy (non-hydrogen) atoms. The number of rotatable bonds is 9. The summed E-state index contributed by atoms with van der Waals surface area (Å²) in [6, 6.07) is 12.3. The van der Waals surface area contributed by atoms with E-state index >= 15 is 0 Å². The Kier molecular flexibility index (Phi) is 7.01. The number of benzene rings is 2. The third-order valence-electron chi connectivity index (χ3n) is 5.43. The Morgan fingerprint density at radius 3 is 2.30 bits per heavy atom. The van der Waals surface area contributed by atoms with Crippen LogP contribution in [0.3, 0.4) is 0 Å². The van der Waals surface area contributed by atoms with Gasteiger partial charge in [0, 0.05) is 11.3 Å². The maximum atomic E-state index is 13.1. The fourth-order valence-electron chi connectivity index (χ4n) is 3.40. The van der Waals surface area contributed by atoms with Crippen LogP contribution in [0, 0.1) is 5.92 Å². The van der Waals surface area contributed by atoms with Gasteiger partial charge in [-0.15, -0.1) is 0 Å². The average Bonchev–Trinajstić information content (AvgIpc) is 2.98. The van der Waals surface area contributed by atoms with Gasteiger partial charge in [0.1, 0.15) is 17.8 Å². The number of anilines is 1. The molecule has 0 aromatic heterocycles. The molecule has 1 fully saturated rings. The number of hydrogen-bond donors (Lipinski definition) is 3. The second-order valence-corrected chi connectivity index (χ2v) is 8.49. The number of nitrogens with one attached hydrogen (secondary N) is 2. The van der Waals surface area contributed by atoms with E-state index in [9.17, 15) is 19.2 Å². The molecule has 9 nitrogen and oxygen atoms in total. The first-order valence-corrected chi connectivity index (χ1v) is 10.7. The molecule has 3 rings (SSSR count). The Morgan fingerprint density at radius 1 is 1.09 bits per heavy atom. The molecule has 0 radical (unpaired) electrons. The van der Waals surface area contributed by atoms with Gasteiger partial charge in [0.25, 0.3) is 5.91 Å². The minimum absolute atomic E-state index is 0.300. The predicted molar refractivity (Wildman–Crippen MR) is 123 cm³/mol. The van der Waals surface area contributed by atoms with Crippen LogP contribution in [0.5, 0.6) is 5.75 Å². The highest BCUT2D eigenvalue weighted by atomic mass is 16.5. The molecule has 174 valence electrons. The van der Waals surface area contributed by atoms with Crippen molar-refractivity contribution in [3.63, 3.8) is 0 Å². The zero-order valence-corrected chi connectivity index (χ0v) is 18.9. The number of urea groups is 1. The summed E-state index contributed by atoms with van der Waals surface area (Å²) in [5.41, 5.74) is 5.20. The van der Waals surface area contributed by atoms with Crippen molar-refractivity contribution in [2.24, 2.45) is 11.7 Å². The van der Waals surface area contributed by atoms with Crippen LogP contribution in [0.15, 0.2) is 48.5 Å². The van der Waals surface area contributed by atoms with Crippen molar-refractivity contribution < 1.29 is 23.9 Å². The molecule has 0 saturated carbocycles. The zero-order valence-electron chi connectivity index (χ0n) is 18.9. The SMILES string of the molecule is CC(C)CCOc1ccc([C@]2(C)NC(=O)N(CC(=O)Nc3ccc(C(N)=O)cc3)C2=O)cc1. The van der Waals surface area contributed by atoms with Gasteiger partial charge in [0.05, 0.1) is 6.61 Å². The maximum Gasteiger partial charge on any atom is 0.325 e. The van der Waals surface area contributed by atoms with E-state index in [0.717, 1.165) is 11.3 Å². The number of carbonyl (C=O) groups is 4. The van der Waals surface area contributed by atoms with E-state index in [-0.39, 0.29) is 0 Å². The second-order valence-electron chi connectivity index (χ2n) is 8.49. The van der Waals surface area contributed by atoms with Crippen molar-refractivity contribution in [1.82, 2.24) is 10.2 Å². The van der Waals surface area contributed by atoms with Gasteiger partial charge in [-0.1, -0.05) is 26.0 Å². The van der Waals surface area contributed by atoms with Crippen LogP contribution >= 0.6 is 0 Å². The van der Waals surface area contributed by atoms with Crippen molar-refractivity contribution in [3.05, 3.63) is 59.7 Å². The molecule has 0 aliphatic carbocycles. The van der Waals surface area contributed by atoms with Crippen LogP contribution in [0.2, 0.25) is 0 Å². The Hall–Kier alpha value is -3.88. The van der Waals surface area contributed by atoms with E-state index in [1.807, 2.05) is 0 Å².